The molecule has 8 heteroatoms. The van der Waals surface area contributed by atoms with Gasteiger partial charge >= 0.3 is 0 Å². The molecule has 0 bridgehead atoms. The van der Waals surface area contributed by atoms with Crippen molar-refractivity contribution in [3.8, 4) is 0 Å². The highest BCUT2D eigenvalue weighted by Gasteiger charge is 2.22. The Balaban J connectivity index is 1.35. The Morgan fingerprint density at radius 2 is 1.93 bits per heavy atom. The number of nitrogens with one attached hydrogen (secondary N) is 1. The summed E-state index contributed by atoms with van der Waals surface area (Å²) in [5.74, 6) is 2.01. The smallest absolute Gasteiger partial charge is 0.230 e. The summed E-state index contributed by atoms with van der Waals surface area (Å²) in [6.45, 7) is 3.16. The van der Waals surface area contributed by atoms with E-state index in [-0.39, 0.29) is 5.91 Å². The zero-order chi connectivity index (χ0) is 19.9. The second kappa shape index (κ2) is 9.65. The highest BCUT2D eigenvalue weighted by atomic mass is 32.2. The molecule has 0 aliphatic carbocycles. The number of carbonyl (C=O) groups is 1. The lowest BCUT2D eigenvalue weighted by molar-refractivity contribution is -0.118. The second-order valence-corrected chi connectivity index (χ2v) is 7.96. The Kier molecular flexibility index (Phi) is 6.51. The van der Waals surface area contributed by atoms with Gasteiger partial charge in [-0.1, -0.05) is 42.1 Å². The predicted octanol–water partition coefficient (Wildman–Crippen LogP) is 2.97. The van der Waals surface area contributed by atoms with Crippen LogP contribution in [0.3, 0.4) is 0 Å². The molecule has 0 saturated carbocycles. The first-order chi connectivity index (χ1) is 14.3. The Bertz CT molecular complexity index is 905. The van der Waals surface area contributed by atoms with Gasteiger partial charge in [0.05, 0.1) is 18.6 Å². The highest BCUT2D eigenvalue weighted by molar-refractivity contribution is 7.99. The zero-order valence-electron chi connectivity index (χ0n) is 16.3. The summed E-state index contributed by atoms with van der Waals surface area (Å²) in [6, 6.07) is 14.0. The van der Waals surface area contributed by atoms with Crippen LogP contribution in [0.5, 0.6) is 0 Å². The van der Waals surface area contributed by atoms with Crippen LogP contribution in [0.25, 0.3) is 0 Å². The van der Waals surface area contributed by atoms with Crippen LogP contribution in [0, 0.1) is 0 Å². The van der Waals surface area contributed by atoms with Crippen molar-refractivity contribution in [2.75, 3.05) is 30.3 Å². The molecule has 0 spiro atoms. The number of benzene rings is 1. The van der Waals surface area contributed by atoms with Gasteiger partial charge in [-0.15, -0.1) is 10.2 Å². The Labute approximate surface area is 174 Å². The van der Waals surface area contributed by atoms with Crippen LogP contribution in [-0.2, 0) is 17.8 Å². The SMILES string of the molecule is O=C(CSc1nnc(N2CCCC2)n1Cc1ccco1)NCCc1ccccc1. The highest BCUT2D eigenvalue weighted by Crippen LogP contribution is 2.25. The summed E-state index contributed by atoms with van der Waals surface area (Å²) in [7, 11) is 0. The third kappa shape index (κ3) is 5.20. The van der Waals surface area contributed by atoms with E-state index in [4.69, 9.17) is 4.42 Å². The molecular formula is C21H25N5O2S. The normalized spacial score (nSPS) is 13.7. The average Bonchev–Trinajstić information content (AvgIpc) is 3.50. The molecule has 4 rings (SSSR count). The molecule has 29 heavy (non-hydrogen) atoms. The summed E-state index contributed by atoms with van der Waals surface area (Å²) >= 11 is 1.41. The maximum absolute atomic E-state index is 12.3. The number of aromatic nitrogens is 3. The summed E-state index contributed by atoms with van der Waals surface area (Å²) < 4.78 is 7.56. The average molecular weight is 412 g/mol. The standard InChI is InChI=1S/C21H25N5O2S/c27-19(22-11-10-17-7-2-1-3-8-17)16-29-21-24-23-20(25-12-4-5-13-25)26(21)15-18-9-6-14-28-18/h1-3,6-9,14H,4-5,10-13,15-16H2,(H,22,27). The monoisotopic (exact) mass is 411 g/mol. The van der Waals surface area contributed by atoms with Crippen molar-refractivity contribution < 1.29 is 9.21 Å². The zero-order valence-corrected chi connectivity index (χ0v) is 17.1. The maximum Gasteiger partial charge on any atom is 0.230 e. The fraction of sp³-hybridized carbons (Fsp3) is 0.381. The van der Waals surface area contributed by atoms with Gasteiger partial charge in [0.15, 0.2) is 5.16 Å². The predicted molar refractivity (Wildman–Crippen MR) is 113 cm³/mol. The number of rotatable bonds is 9. The second-order valence-electron chi connectivity index (χ2n) is 7.02. The number of hydrogen-bond acceptors (Lipinski definition) is 6. The summed E-state index contributed by atoms with van der Waals surface area (Å²) in [4.78, 5) is 14.5. The van der Waals surface area contributed by atoms with Crippen LogP contribution < -0.4 is 10.2 Å². The van der Waals surface area contributed by atoms with Crippen LogP contribution in [0.2, 0.25) is 0 Å². The van der Waals surface area contributed by atoms with Gasteiger partial charge in [-0.3, -0.25) is 9.36 Å². The Morgan fingerprint density at radius 3 is 2.69 bits per heavy atom. The molecule has 1 fully saturated rings. The summed E-state index contributed by atoms with van der Waals surface area (Å²) in [5, 5.41) is 12.5. The van der Waals surface area contributed by atoms with Crippen LogP contribution >= 0.6 is 11.8 Å². The van der Waals surface area contributed by atoms with Crippen LogP contribution in [0.4, 0.5) is 5.95 Å². The molecule has 0 atom stereocenters. The van der Waals surface area contributed by atoms with Gasteiger partial charge in [0.25, 0.3) is 0 Å². The molecule has 1 aliphatic rings. The number of hydrogen-bond donors (Lipinski definition) is 1. The van der Waals surface area contributed by atoms with E-state index in [1.54, 1.807) is 6.26 Å². The number of anilines is 1. The lowest BCUT2D eigenvalue weighted by atomic mass is 10.1. The van der Waals surface area contributed by atoms with E-state index >= 15 is 0 Å². The largest absolute Gasteiger partial charge is 0.467 e. The first-order valence-electron chi connectivity index (χ1n) is 9.93. The molecule has 3 heterocycles. The van der Waals surface area contributed by atoms with Crippen LogP contribution in [0.1, 0.15) is 24.2 Å². The van der Waals surface area contributed by atoms with Gasteiger partial charge in [-0.25, -0.2) is 0 Å². The first-order valence-corrected chi connectivity index (χ1v) is 10.9. The molecule has 1 aromatic carbocycles. The fourth-order valence-corrected chi connectivity index (χ4v) is 4.17. The van der Waals surface area contributed by atoms with Crippen molar-refractivity contribution in [1.29, 1.82) is 0 Å². The topological polar surface area (TPSA) is 76.2 Å². The van der Waals surface area contributed by atoms with E-state index < -0.39 is 0 Å². The molecule has 1 saturated heterocycles. The molecule has 1 amide bonds. The Morgan fingerprint density at radius 1 is 1.10 bits per heavy atom. The van der Waals surface area contributed by atoms with Gasteiger partial charge in [-0.2, -0.15) is 0 Å². The molecule has 3 aromatic rings. The number of furan rings is 1. The minimum atomic E-state index is 0.00111. The third-order valence-electron chi connectivity index (χ3n) is 4.89. The molecule has 0 radical (unpaired) electrons. The van der Waals surface area contributed by atoms with Gasteiger partial charge in [-0.05, 0) is 37.0 Å². The van der Waals surface area contributed by atoms with Gasteiger partial charge in [0.2, 0.25) is 11.9 Å². The van der Waals surface area contributed by atoms with E-state index in [1.807, 2.05) is 34.9 Å². The van der Waals surface area contributed by atoms with Crippen molar-refractivity contribution in [2.45, 2.75) is 31.0 Å². The van der Waals surface area contributed by atoms with Crippen molar-refractivity contribution in [2.24, 2.45) is 0 Å². The number of carbonyl (C=O) groups excluding carboxylic acids is 1. The van der Waals surface area contributed by atoms with E-state index in [0.717, 1.165) is 36.4 Å². The Hall–Kier alpha value is -2.74. The van der Waals surface area contributed by atoms with Crippen molar-refractivity contribution in [3.63, 3.8) is 0 Å². The van der Waals surface area contributed by atoms with E-state index in [1.165, 1.54) is 30.2 Å². The third-order valence-corrected chi connectivity index (χ3v) is 5.86. The van der Waals surface area contributed by atoms with Gasteiger partial charge in [0, 0.05) is 19.6 Å². The molecule has 7 nitrogen and oxygen atoms in total. The minimum Gasteiger partial charge on any atom is -0.467 e. The number of thioether (sulfide) groups is 1. The van der Waals surface area contributed by atoms with Crippen molar-refractivity contribution in [1.82, 2.24) is 20.1 Å². The van der Waals surface area contributed by atoms with E-state index in [2.05, 4.69) is 32.5 Å². The first kappa shape index (κ1) is 19.6. The quantitative estimate of drug-likeness (QED) is 0.546. The number of nitrogens with zero attached hydrogens (tertiary/aromatic N) is 4. The fourth-order valence-electron chi connectivity index (χ4n) is 3.41. The van der Waals surface area contributed by atoms with Gasteiger partial charge in [0.1, 0.15) is 5.76 Å². The lowest BCUT2D eigenvalue weighted by Crippen LogP contribution is -2.27. The van der Waals surface area contributed by atoms with Crippen LogP contribution in [0.15, 0.2) is 58.3 Å². The van der Waals surface area contributed by atoms with Gasteiger partial charge < -0.3 is 14.6 Å². The molecular weight excluding hydrogens is 386 g/mol. The molecule has 0 unspecified atom stereocenters. The molecule has 2 aromatic heterocycles. The van der Waals surface area contributed by atoms with Crippen molar-refractivity contribution >= 4 is 23.6 Å². The maximum atomic E-state index is 12.3. The molecule has 152 valence electrons. The lowest BCUT2D eigenvalue weighted by Gasteiger charge is -2.17. The van der Waals surface area contributed by atoms with Crippen LogP contribution in [-0.4, -0.2) is 46.1 Å². The minimum absolute atomic E-state index is 0.00111. The van der Waals surface area contributed by atoms with Crippen molar-refractivity contribution in [3.05, 3.63) is 60.1 Å². The molecule has 1 aliphatic heterocycles. The summed E-state index contributed by atoms with van der Waals surface area (Å²) in [6.07, 6.45) is 4.83. The summed E-state index contributed by atoms with van der Waals surface area (Å²) in [5.41, 5.74) is 1.22. The van der Waals surface area contributed by atoms with E-state index in [0.29, 0.717) is 18.8 Å². The molecule has 1 N–H and O–H groups in total. The van der Waals surface area contributed by atoms with E-state index in [9.17, 15) is 4.79 Å². The number of amides is 1.